The van der Waals surface area contributed by atoms with E-state index < -0.39 is 0 Å². The fourth-order valence-electron chi connectivity index (χ4n) is 2.54. The Labute approximate surface area is 122 Å². The predicted octanol–water partition coefficient (Wildman–Crippen LogP) is 3.49. The molecule has 0 spiro atoms. The van der Waals surface area contributed by atoms with Gasteiger partial charge in [0.1, 0.15) is 0 Å². The van der Waals surface area contributed by atoms with Crippen molar-refractivity contribution in [3.8, 4) is 0 Å². The molecule has 0 aliphatic rings. The van der Waals surface area contributed by atoms with Crippen molar-refractivity contribution >= 4 is 0 Å². The van der Waals surface area contributed by atoms with Crippen LogP contribution in [0.4, 0.5) is 0 Å². The van der Waals surface area contributed by atoms with Crippen molar-refractivity contribution in [1.29, 1.82) is 0 Å². The summed E-state index contributed by atoms with van der Waals surface area (Å²) in [5.74, 6) is 0. The molecule has 0 amide bonds. The first-order valence-electron chi connectivity index (χ1n) is 7.49. The number of nitrogens with zero attached hydrogens (tertiary/aromatic N) is 2. The number of nitrogens with one attached hydrogen (secondary N) is 1. The molecule has 1 heterocycles. The summed E-state index contributed by atoms with van der Waals surface area (Å²) in [5.41, 5.74) is 4.01. The van der Waals surface area contributed by atoms with Gasteiger partial charge in [-0.3, -0.25) is 4.68 Å². The van der Waals surface area contributed by atoms with Crippen molar-refractivity contribution in [2.45, 2.75) is 45.7 Å². The lowest BCUT2D eigenvalue weighted by molar-refractivity contribution is 0.476. The lowest BCUT2D eigenvalue weighted by atomic mass is 10.0. The standard InChI is InChI=1S/C17H25N3/c1-4-13-20-17(11-12-19-20)16(18-3)10-9-15-7-5-14(2)6-8-15/h5-8,11-12,16,18H,4,9-10,13H2,1-3H3. The van der Waals surface area contributed by atoms with E-state index in [1.165, 1.54) is 16.8 Å². The monoisotopic (exact) mass is 271 g/mol. The van der Waals surface area contributed by atoms with E-state index in [4.69, 9.17) is 0 Å². The highest BCUT2D eigenvalue weighted by atomic mass is 15.3. The van der Waals surface area contributed by atoms with Crippen molar-refractivity contribution in [3.05, 3.63) is 53.3 Å². The summed E-state index contributed by atoms with van der Waals surface area (Å²) in [6.07, 6.45) is 5.20. The molecule has 0 aliphatic heterocycles. The minimum atomic E-state index is 0.366. The van der Waals surface area contributed by atoms with E-state index in [1.807, 2.05) is 13.2 Å². The highest BCUT2D eigenvalue weighted by Crippen LogP contribution is 2.19. The van der Waals surface area contributed by atoms with Gasteiger partial charge in [-0.1, -0.05) is 36.8 Å². The lowest BCUT2D eigenvalue weighted by Crippen LogP contribution is -2.21. The van der Waals surface area contributed by atoms with Crippen molar-refractivity contribution < 1.29 is 0 Å². The van der Waals surface area contributed by atoms with Gasteiger partial charge >= 0.3 is 0 Å². The predicted molar refractivity (Wildman–Crippen MR) is 83.8 cm³/mol. The normalized spacial score (nSPS) is 12.6. The van der Waals surface area contributed by atoms with Gasteiger partial charge in [0.2, 0.25) is 0 Å². The molecule has 0 saturated heterocycles. The maximum atomic E-state index is 4.42. The number of aryl methyl sites for hydroxylation is 3. The smallest absolute Gasteiger partial charge is 0.0553 e. The number of aromatic nitrogens is 2. The molecule has 0 radical (unpaired) electrons. The van der Waals surface area contributed by atoms with E-state index in [9.17, 15) is 0 Å². The van der Waals surface area contributed by atoms with Gasteiger partial charge in [0.05, 0.1) is 5.69 Å². The fraction of sp³-hybridized carbons (Fsp3) is 0.471. The average molecular weight is 271 g/mol. The van der Waals surface area contributed by atoms with Crippen LogP contribution in [0, 0.1) is 6.92 Å². The Bertz CT molecular complexity index is 513. The zero-order chi connectivity index (χ0) is 14.4. The van der Waals surface area contributed by atoms with Crippen molar-refractivity contribution in [1.82, 2.24) is 15.1 Å². The molecule has 3 heteroatoms. The van der Waals surface area contributed by atoms with Crippen LogP contribution in [-0.2, 0) is 13.0 Å². The topological polar surface area (TPSA) is 29.9 Å². The maximum absolute atomic E-state index is 4.42. The number of hydrogen-bond donors (Lipinski definition) is 1. The molecule has 2 aromatic rings. The van der Waals surface area contributed by atoms with Gasteiger partial charge in [-0.05, 0) is 44.9 Å². The SMILES string of the molecule is CCCn1nccc1C(CCc1ccc(C)cc1)NC. The van der Waals surface area contributed by atoms with Crippen LogP contribution >= 0.6 is 0 Å². The van der Waals surface area contributed by atoms with E-state index in [0.29, 0.717) is 6.04 Å². The molecule has 20 heavy (non-hydrogen) atoms. The molecule has 1 unspecified atom stereocenters. The number of hydrogen-bond acceptors (Lipinski definition) is 2. The molecule has 0 bridgehead atoms. The number of benzene rings is 1. The maximum Gasteiger partial charge on any atom is 0.0553 e. The Balaban J connectivity index is 2.01. The molecule has 1 N–H and O–H groups in total. The summed E-state index contributed by atoms with van der Waals surface area (Å²) in [4.78, 5) is 0. The van der Waals surface area contributed by atoms with Crippen LogP contribution in [0.3, 0.4) is 0 Å². The third kappa shape index (κ3) is 3.70. The first-order chi connectivity index (χ1) is 9.74. The second-order valence-corrected chi connectivity index (χ2v) is 5.34. The summed E-state index contributed by atoms with van der Waals surface area (Å²) < 4.78 is 2.12. The minimum absolute atomic E-state index is 0.366. The molecule has 2 rings (SSSR count). The van der Waals surface area contributed by atoms with Crippen molar-refractivity contribution in [2.24, 2.45) is 0 Å². The summed E-state index contributed by atoms with van der Waals surface area (Å²) in [6.45, 7) is 5.31. The average Bonchev–Trinajstić information content (AvgIpc) is 2.90. The molecule has 1 atom stereocenters. The van der Waals surface area contributed by atoms with Gasteiger partial charge in [-0.25, -0.2) is 0 Å². The van der Waals surface area contributed by atoms with Crippen LogP contribution < -0.4 is 5.32 Å². The van der Waals surface area contributed by atoms with E-state index in [-0.39, 0.29) is 0 Å². The highest BCUT2D eigenvalue weighted by molar-refractivity contribution is 5.21. The van der Waals surface area contributed by atoms with E-state index >= 15 is 0 Å². The molecule has 0 saturated carbocycles. The first kappa shape index (κ1) is 14.8. The van der Waals surface area contributed by atoms with Crippen LogP contribution in [0.5, 0.6) is 0 Å². The molecule has 108 valence electrons. The fourth-order valence-corrected chi connectivity index (χ4v) is 2.54. The third-order valence-electron chi connectivity index (χ3n) is 3.73. The highest BCUT2D eigenvalue weighted by Gasteiger charge is 2.13. The molecule has 3 nitrogen and oxygen atoms in total. The first-order valence-corrected chi connectivity index (χ1v) is 7.49. The van der Waals surface area contributed by atoms with Crippen LogP contribution in [0.25, 0.3) is 0 Å². The van der Waals surface area contributed by atoms with E-state index in [0.717, 1.165) is 25.8 Å². The summed E-state index contributed by atoms with van der Waals surface area (Å²) in [5, 5.41) is 7.84. The molecule has 0 fully saturated rings. The zero-order valence-corrected chi connectivity index (χ0v) is 12.8. The van der Waals surface area contributed by atoms with Gasteiger partial charge in [-0.2, -0.15) is 5.10 Å². The molecular formula is C17H25N3. The molecule has 1 aromatic heterocycles. The Morgan fingerprint density at radius 1 is 1.20 bits per heavy atom. The quantitative estimate of drug-likeness (QED) is 0.835. The summed E-state index contributed by atoms with van der Waals surface area (Å²) in [6, 6.07) is 11.3. The summed E-state index contributed by atoms with van der Waals surface area (Å²) >= 11 is 0. The second kappa shape index (κ2) is 7.25. The van der Waals surface area contributed by atoms with E-state index in [1.54, 1.807) is 0 Å². The van der Waals surface area contributed by atoms with Gasteiger partial charge in [0, 0.05) is 18.8 Å². The minimum Gasteiger partial charge on any atom is -0.312 e. The molecular weight excluding hydrogens is 246 g/mol. The van der Waals surface area contributed by atoms with Gasteiger partial charge in [0.25, 0.3) is 0 Å². The van der Waals surface area contributed by atoms with Gasteiger partial charge in [-0.15, -0.1) is 0 Å². The Morgan fingerprint density at radius 3 is 2.60 bits per heavy atom. The van der Waals surface area contributed by atoms with Gasteiger partial charge in [0.15, 0.2) is 0 Å². The largest absolute Gasteiger partial charge is 0.312 e. The molecule has 1 aromatic carbocycles. The van der Waals surface area contributed by atoms with Crippen LogP contribution in [0.15, 0.2) is 36.5 Å². The Kier molecular flexibility index (Phi) is 5.36. The van der Waals surface area contributed by atoms with Crippen molar-refractivity contribution in [2.75, 3.05) is 7.05 Å². The number of rotatable bonds is 7. The van der Waals surface area contributed by atoms with Crippen molar-refractivity contribution in [3.63, 3.8) is 0 Å². The third-order valence-corrected chi connectivity index (χ3v) is 3.73. The molecule has 0 aliphatic carbocycles. The summed E-state index contributed by atoms with van der Waals surface area (Å²) in [7, 11) is 2.03. The lowest BCUT2D eigenvalue weighted by Gasteiger charge is -2.18. The van der Waals surface area contributed by atoms with E-state index in [2.05, 4.69) is 59.3 Å². The van der Waals surface area contributed by atoms with Crippen LogP contribution in [0.1, 0.15) is 42.6 Å². The van der Waals surface area contributed by atoms with Crippen LogP contribution in [-0.4, -0.2) is 16.8 Å². The Morgan fingerprint density at radius 2 is 1.95 bits per heavy atom. The zero-order valence-electron chi connectivity index (χ0n) is 12.8. The van der Waals surface area contributed by atoms with Gasteiger partial charge < -0.3 is 5.32 Å². The Hall–Kier alpha value is -1.61. The second-order valence-electron chi connectivity index (χ2n) is 5.34. The van der Waals surface area contributed by atoms with Crippen LogP contribution in [0.2, 0.25) is 0 Å².